The van der Waals surface area contributed by atoms with Crippen LogP contribution in [0.2, 0.25) is 0 Å². The average molecular weight is 450 g/mol. The zero-order valence-electron chi connectivity index (χ0n) is 19.5. The predicted octanol–water partition coefficient (Wildman–Crippen LogP) is 4.52. The molecule has 1 aromatic rings. The molecule has 0 saturated carbocycles. The van der Waals surface area contributed by atoms with Gasteiger partial charge in [-0.05, 0) is 38.3 Å². The van der Waals surface area contributed by atoms with E-state index in [2.05, 4.69) is 52.0 Å². The van der Waals surface area contributed by atoms with Gasteiger partial charge in [0.25, 0.3) is 0 Å². The van der Waals surface area contributed by atoms with Crippen LogP contribution < -0.4 is 10.6 Å². The van der Waals surface area contributed by atoms with Gasteiger partial charge in [-0.3, -0.25) is 0 Å². The zero-order valence-corrected chi connectivity index (χ0v) is 21.2. The van der Waals surface area contributed by atoms with Gasteiger partial charge in [-0.2, -0.15) is 0 Å². The van der Waals surface area contributed by atoms with E-state index in [9.17, 15) is 0 Å². The Labute approximate surface area is 183 Å². The van der Waals surface area contributed by atoms with Crippen molar-refractivity contribution in [1.82, 2.24) is 0 Å². The van der Waals surface area contributed by atoms with Crippen LogP contribution in [0.5, 0.6) is 0 Å². The highest BCUT2D eigenvalue weighted by atomic mass is 31.1. The van der Waals surface area contributed by atoms with Crippen LogP contribution in [0, 0.1) is 0 Å². The first-order valence-corrected chi connectivity index (χ1v) is 14.3. The molecule has 0 spiro atoms. The first-order valence-electron chi connectivity index (χ1n) is 11.4. The molecule has 4 aliphatic heterocycles. The van der Waals surface area contributed by atoms with Gasteiger partial charge in [0.2, 0.25) is 0 Å². The lowest BCUT2D eigenvalue weighted by Gasteiger charge is -2.33. The van der Waals surface area contributed by atoms with E-state index in [0.717, 1.165) is 0 Å². The third kappa shape index (κ3) is 3.25. The highest BCUT2D eigenvalue weighted by molar-refractivity contribution is 7.73. The van der Waals surface area contributed by atoms with Gasteiger partial charge in [-0.25, -0.2) is 0 Å². The number of rotatable bonds is 2. The fourth-order valence-corrected chi connectivity index (χ4v) is 13.6. The lowest BCUT2D eigenvalue weighted by Crippen LogP contribution is -2.34. The van der Waals surface area contributed by atoms with E-state index in [1.165, 1.54) is 0 Å². The van der Waals surface area contributed by atoms with E-state index in [1.807, 2.05) is 27.7 Å². The van der Waals surface area contributed by atoms with Gasteiger partial charge in [0, 0.05) is 22.6 Å². The molecule has 1 aromatic carbocycles. The molecule has 4 nitrogen and oxygen atoms in total. The van der Waals surface area contributed by atoms with Crippen molar-refractivity contribution in [2.24, 2.45) is 0 Å². The fraction of sp³-hybridized carbons (Fsp3) is 0.750. The Bertz CT molecular complexity index is 720. The SMILES string of the molecule is CC1C2OC(C)(C)OC2C(C)P1c1ccccc1P1C(C)C2OC(C)(C)OC2C1C. The first kappa shape index (κ1) is 21.7. The van der Waals surface area contributed by atoms with E-state index >= 15 is 0 Å². The van der Waals surface area contributed by atoms with E-state index in [0.29, 0.717) is 22.6 Å². The Morgan fingerprint density at radius 1 is 0.567 bits per heavy atom. The monoisotopic (exact) mass is 450 g/mol. The molecular weight excluding hydrogens is 414 g/mol. The molecule has 8 unspecified atom stereocenters. The van der Waals surface area contributed by atoms with Gasteiger partial charge in [0.15, 0.2) is 11.6 Å². The molecule has 0 bridgehead atoms. The third-order valence-corrected chi connectivity index (χ3v) is 14.2. The Hall–Kier alpha value is -0.0800. The summed E-state index contributed by atoms with van der Waals surface area (Å²) in [4.78, 5) is 0. The zero-order chi connectivity index (χ0) is 21.6. The topological polar surface area (TPSA) is 36.9 Å². The number of ether oxygens (including phenoxy) is 4. The van der Waals surface area contributed by atoms with Crippen molar-refractivity contribution < 1.29 is 18.9 Å². The lowest BCUT2D eigenvalue weighted by molar-refractivity contribution is -0.147. The molecule has 8 atom stereocenters. The summed E-state index contributed by atoms with van der Waals surface area (Å²) in [5.41, 5.74) is 1.99. The average Bonchev–Trinajstić information content (AvgIpc) is 3.29. The summed E-state index contributed by atoms with van der Waals surface area (Å²) in [7, 11) is -0.723. The lowest BCUT2D eigenvalue weighted by atomic mass is 10.1. The first-order chi connectivity index (χ1) is 14.0. The predicted molar refractivity (Wildman–Crippen MR) is 125 cm³/mol. The van der Waals surface area contributed by atoms with Crippen molar-refractivity contribution in [1.29, 1.82) is 0 Å². The van der Waals surface area contributed by atoms with Crippen molar-refractivity contribution in [2.75, 3.05) is 0 Å². The molecule has 4 fully saturated rings. The van der Waals surface area contributed by atoms with Crippen molar-refractivity contribution >= 4 is 26.5 Å². The maximum absolute atomic E-state index is 6.36. The minimum atomic E-state index is -0.462. The highest BCUT2D eigenvalue weighted by Gasteiger charge is 2.58. The molecule has 4 saturated heterocycles. The molecule has 0 aromatic heterocycles. The molecule has 0 N–H and O–H groups in total. The molecule has 4 aliphatic rings. The summed E-state index contributed by atoms with van der Waals surface area (Å²) in [5.74, 6) is -0.924. The summed E-state index contributed by atoms with van der Waals surface area (Å²) in [6.07, 6.45) is 0.805. The van der Waals surface area contributed by atoms with Crippen LogP contribution in [0.15, 0.2) is 24.3 Å². The third-order valence-electron chi connectivity index (χ3n) is 7.42. The van der Waals surface area contributed by atoms with Crippen LogP contribution in [-0.4, -0.2) is 58.6 Å². The minimum absolute atomic E-state index is 0.201. The van der Waals surface area contributed by atoms with Crippen LogP contribution in [-0.2, 0) is 18.9 Å². The van der Waals surface area contributed by atoms with Crippen molar-refractivity contribution in [3.63, 3.8) is 0 Å². The maximum atomic E-state index is 6.36. The molecule has 30 heavy (non-hydrogen) atoms. The van der Waals surface area contributed by atoms with Crippen LogP contribution in [0.1, 0.15) is 55.4 Å². The van der Waals surface area contributed by atoms with Gasteiger partial charge in [0.05, 0.1) is 24.4 Å². The summed E-state index contributed by atoms with van der Waals surface area (Å²) in [6.45, 7) is 17.7. The fourth-order valence-electron chi connectivity index (χ4n) is 6.28. The molecular formula is C24H36O4P2. The normalized spacial score (nSPS) is 48.7. The second kappa shape index (κ2) is 7.21. The largest absolute Gasteiger partial charge is 0.344 e. The van der Waals surface area contributed by atoms with E-state index in [1.54, 1.807) is 10.6 Å². The number of hydrogen-bond donors (Lipinski definition) is 0. The van der Waals surface area contributed by atoms with Gasteiger partial charge < -0.3 is 18.9 Å². The summed E-state index contributed by atoms with van der Waals surface area (Å²) in [5, 5.41) is 3.13. The Morgan fingerprint density at radius 3 is 1.10 bits per heavy atom. The Kier molecular flexibility index (Phi) is 5.23. The number of hydrogen-bond acceptors (Lipinski definition) is 4. The highest BCUT2D eigenvalue weighted by Crippen LogP contribution is 2.63. The van der Waals surface area contributed by atoms with Crippen LogP contribution in [0.25, 0.3) is 0 Å². The summed E-state index contributed by atoms with van der Waals surface area (Å²) < 4.78 is 25.4. The second-order valence-electron chi connectivity index (χ2n) is 10.4. The maximum Gasteiger partial charge on any atom is 0.163 e. The summed E-state index contributed by atoms with van der Waals surface area (Å²) >= 11 is 0. The van der Waals surface area contributed by atoms with Crippen LogP contribution in [0.3, 0.4) is 0 Å². The minimum Gasteiger partial charge on any atom is -0.344 e. The standard InChI is InChI=1S/C24H36O4P2/c1-13-19-20(26-23(5,6)25-19)14(2)29(13)17-11-9-10-12-18(17)30-15(3)21-22(16(30)4)28-24(7,8)27-21/h9-16,19-22H,1-8H3. The Morgan fingerprint density at radius 2 is 0.833 bits per heavy atom. The van der Waals surface area contributed by atoms with E-state index < -0.39 is 11.6 Å². The smallest absolute Gasteiger partial charge is 0.163 e. The second-order valence-corrected chi connectivity index (χ2v) is 16.2. The van der Waals surface area contributed by atoms with Gasteiger partial charge >= 0.3 is 0 Å². The number of benzene rings is 1. The van der Waals surface area contributed by atoms with E-state index in [-0.39, 0.29) is 40.3 Å². The van der Waals surface area contributed by atoms with Gasteiger partial charge in [-0.15, -0.1) is 0 Å². The van der Waals surface area contributed by atoms with E-state index in [4.69, 9.17) is 18.9 Å². The number of fused-ring (bicyclic) bond motifs is 2. The summed E-state index contributed by atoms with van der Waals surface area (Å²) in [6, 6.07) is 9.22. The molecule has 166 valence electrons. The van der Waals surface area contributed by atoms with Crippen LogP contribution >= 0.6 is 15.8 Å². The van der Waals surface area contributed by atoms with Crippen molar-refractivity contribution in [3.8, 4) is 0 Å². The van der Waals surface area contributed by atoms with Gasteiger partial charge in [0.1, 0.15) is 0 Å². The molecule has 6 heteroatoms. The molecule has 0 radical (unpaired) electrons. The molecule has 5 rings (SSSR count). The molecule has 0 aliphatic carbocycles. The van der Waals surface area contributed by atoms with Crippen molar-refractivity contribution in [2.45, 2.75) is 114 Å². The Balaban J connectivity index is 1.48. The quantitative estimate of drug-likeness (QED) is 0.621. The van der Waals surface area contributed by atoms with Crippen molar-refractivity contribution in [3.05, 3.63) is 24.3 Å². The van der Waals surface area contributed by atoms with Gasteiger partial charge in [-0.1, -0.05) is 67.8 Å². The molecule has 4 heterocycles. The van der Waals surface area contributed by atoms with Crippen LogP contribution in [0.4, 0.5) is 0 Å². The molecule has 0 amide bonds.